The maximum absolute atomic E-state index is 12.7. The Morgan fingerprint density at radius 3 is 2.56 bits per heavy atom. The Morgan fingerprint density at radius 2 is 1.93 bits per heavy atom. The van der Waals surface area contributed by atoms with Crippen molar-refractivity contribution in [2.45, 2.75) is 83.7 Å². The van der Waals surface area contributed by atoms with Crippen LogP contribution < -0.4 is 5.32 Å². The van der Waals surface area contributed by atoms with Crippen LogP contribution in [0.15, 0.2) is 6.20 Å². The van der Waals surface area contributed by atoms with Gasteiger partial charge in [0.05, 0.1) is 5.69 Å². The number of nitrogens with one attached hydrogen (secondary N) is 1. The third-order valence-electron chi connectivity index (χ3n) is 5.95. The maximum Gasteiger partial charge on any atom is 0.245 e. The summed E-state index contributed by atoms with van der Waals surface area (Å²) in [5, 5.41) is 11.5. The van der Waals surface area contributed by atoms with Crippen molar-refractivity contribution in [2.75, 3.05) is 13.1 Å². The van der Waals surface area contributed by atoms with Gasteiger partial charge in [-0.3, -0.25) is 14.3 Å². The number of piperidine rings is 1. The molecule has 0 bridgehead atoms. The van der Waals surface area contributed by atoms with E-state index >= 15 is 0 Å². The average molecular weight is 376 g/mol. The molecule has 1 unspecified atom stereocenters. The molecule has 1 aliphatic heterocycles. The minimum Gasteiger partial charge on any atom is -0.345 e. The summed E-state index contributed by atoms with van der Waals surface area (Å²) in [6.45, 7) is 5.90. The van der Waals surface area contributed by atoms with Gasteiger partial charge < -0.3 is 10.2 Å². The highest BCUT2D eigenvalue weighted by molar-refractivity contribution is 5.86. The molecule has 1 aliphatic carbocycles. The maximum atomic E-state index is 12.7. The Bertz CT molecular complexity index is 630. The number of likely N-dealkylation sites (tertiary alicyclic amines) is 1. The van der Waals surface area contributed by atoms with Gasteiger partial charge in [0.15, 0.2) is 0 Å². The van der Waals surface area contributed by atoms with Gasteiger partial charge in [0.1, 0.15) is 6.04 Å². The minimum atomic E-state index is -0.381. The summed E-state index contributed by atoms with van der Waals surface area (Å²) in [6, 6.07) is -0.381. The van der Waals surface area contributed by atoms with Crippen LogP contribution in [0.5, 0.6) is 0 Å². The van der Waals surface area contributed by atoms with Gasteiger partial charge in [-0.15, -0.1) is 5.10 Å². The van der Waals surface area contributed by atoms with Gasteiger partial charge in [-0.25, -0.2) is 0 Å². The van der Waals surface area contributed by atoms with E-state index in [2.05, 4.69) is 21.8 Å². The highest BCUT2D eigenvalue weighted by atomic mass is 16.2. The number of rotatable bonds is 7. The van der Waals surface area contributed by atoms with Gasteiger partial charge in [-0.1, -0.05) is 31.4 Å². The molecular formula is C20H33N5O2. The lowest BCUT2D eigenvalue weighted by molar-refractivity contribution is -0.137. The molecule has 3 rings (SSSR count). The summed E-state index contributed by atoms with van der Waals surface area (Å²) in [6.07, 6.45) is 10.8. The van der Waals surface area contributed by atoms with Gasteiger partial charge in [-0.05, 0) is 38.0 Å². The molecule has 2 aliphatic rings. The van der Waals surface area contributed by atoms with E-state index in [-0.39, 0.29) is 17.9 Å². The van der Waals surface area contributed by atoms with Gasteiger partial charge in [0.25, 0.3) is 0 Å². The third-order valence-corrected chi connectivity index (χ3v) is 5.95. The molecule has 1 atom stereocenters. The molecule has 0 radical (unpaired) electrons. The topological polar surface area (TPSA) is 80.1 Å². The smallest absolute Gasteiger partial charge is 0.245 e. The Labute approximate surface area is 161 Å². The van der Waals surface area contributed by atoms with E-state index in [0.29, 0.717) is 18.3 Å². The lowest BCUT2D eigenvalue weighted by Gasteiger charge is -2.34. The second-order valence-corrected chi connectivity index (χ2v) is 8.16. The highest BCUT2D eigenvalue weighted by Gasteiger charge is 2.29. The highest BCUT2D eigenvalue weighted by Crippen LogP contribution is 2.32. The van der Waals surface area contributed by atoms with E-state index in [1.54, 1.807) is 0 Å². The number of nitrogens with zero attached hydrogens (tertiary/aromatic N) is 4. The molecule has 1 saturated carbocycles. The fraction of sp³-hybridized carbons (Fsp3) is 0.800. The zero-order chi connectivity index (χ0) is 19.2. The van der Waals surface area contributed by atoms with Crippen molar-refractivity contribution < 1.29 is 9.59 Å². The molecular weight excluding hydrogens is 342 g/mol. The fourth-order valence-electron chi connectivity index (χ4n) is 4.42. The Balaban J connectivity index is 1.48. The Morgan fingerprint density at radius 1 is 1.22 bits per heavy atom. The van der Waals surface area contributed by atoms with Crippen LogP contribution in [0.1, 0.15) is 76.8 Å². The second-order valence-electron chi connectivity index (χ2n) is 8.16. The summed E-state index contributed by atoms with van der Waals surface area (Å²) >= 11 is 0. The molecule has 7 heteroatoms. The molecule has 150 valence electrons. The number of carbonyl (C=O) groups is 2. The first-order valence-corrected chi connectivity index (χ1v) is 10.5. The quantitative estimate of drug-likeness (QED) is 0.794. The number of hydrogen-bond donors (Lipinski definition) is 1. The lowest BCUT2D eigenvalue weighted by Crippen LogP contribution is -2.50. The first-order chi connectivity index (χ1) is 13.1. The molecule has 7 nitrogen and oxygen atoms in total. The predicted molar refractivity (Wildman–Crippen MR) is 103 cm³/mol. The van der Waals surface area contributed by atoms with Crippen molar-refractivity contribution in [3.05, 3.63) is 11.9 Å². The van der Waals surface area contributed by atoms with E-state index in [9.17, 15) is 9.59 Å². The van der Waals surface area contributed by atoms with Crippen LogP contribution in [0.4, 0.5) is 0 Å². The van der Waals surface area contributed by atoms with Gasteiger partial charge in [0.2, 0.25) is 11.8 Å². The summed E-state index contributed by atoms with van der Waals surface area (Å²) in [5.74, 6) is 1.05. The predicted octanol–water partition coefficient (Wildman–Crippen LogP) is 2.48. The average Bonchev–Trinajstić information content (AvgIpc) is 3.32. The fourth-order valence-corrected chi connectivity index (χ4v) is 4.42. The minimum absolute atomic E-state index is 0.0646. The summed E-state index contributed by atoms with van der Waals surface area (Å²) in [4.78, 5) is 26.0. The van der Waals surface area contributed by atoms with Crippen molar-refractivity contribution in [1.82, 2.24) is 25.2 Å². The second kappa shape index (κ2) is 9.33. The van der Waals surface area contributed by atoms with Gasteiger partial charge >= 0.3 is 0 Å². The lowest BCUT2D eigenvalue weighted by atomic mass is 9.96. The van der Waals surface area contributed by atoms with Gasteiger partial charge in [-0.2, -0.15) is 0 Å². The summed E-state index contributed by atoms with van der Waals surface area (Å²) in [5.41, 5.74) is 1.15. The normalized spacial score (nSPS) is 20.0. The molecule has 1 N–H and O–H groups in total. The zero-order valence-corrected chi connectivity index (χ0v) is 16.7. The number of aromatic nitrogens is 3. The van der Waals surface area contributed by atoms with E-state index in [1.165, 1.54) is 32.6 Å². The van der Waals surface area contributed by atoms with Crippen LogP contribution >= 0.6 is 0 Å². The van der Waals surface area contributed by atoms with Crippen molar-refractivity contribution >= 4 is 11.8 Å². The third kappa shape index (κ3) is 5.30. The van der Waals surface area contributed by atoms with Crippen LogP contribution in [0.3, 0.4) is 0 Å². The van der Waals surface area contributed by atoms with Crippen molar-refractivity contribution in [1.29, 1.82) is 0 Å². The first kappa shape index (κ1) is 19.8. The molecule has 2 amide bonds. The number of carbonyl (C=O) groups excluding carboxylic acids is 2. The van der Waals surface area contributed by atoms with Crippen LogP contribution in [0, 0.1) is 5.92 Å². The van der Waals surface area contributed by atoms with Gasteiger partial charge in [0, 0.05) is 38.7 Å². The molecule has 0 spiro atoms. The monoisotopic (exact) mass is 375 g/mol. The van der Waals surface area contributed by atoms with Crippen molar-refractivity contribution in [3.8, 4) is 0 Å². The first-order valence-electron chi connectivity index (χ1n) is 10.5. The number of hydrogen-bond acceptors (Lipinski definition) is 4. The van der Waals surface area contributed by atoms with E-state index < -0.39 is 0 Å². The van der Waals surface area contributed by atoms with Crippen LogP contribution in [-0.2, 0) is 16.1 Å². The number of amides is 2. The summed E-state index contributed by atoms with van der Waals surface area (Å²) in [7, 11) is 0. The van der Waals surface area contributed by atoms with E-state index in [0.717, 1.165) is 44.6 Å². The van der Waals surface area contributed by atoms with Crippen LogP contribution in [0.25, 0.3) is 0 Å². The van der Waals surface area contributed by atoms with E-state index in [4.69, 9.17) is 0 Å². The Hall–Kier alpha value is -1.92. The molecule has 1 aromatic heterocycles. The largest absolute Gasteiger partial charge is 0.345 e. The molecule has 2 heterocycles. The van der Waals surface area contributed by atoms with Crippen LogP contribution in [0.2, 0.25) is 0 Å². The van der Waals surface area contributed by atoms with Crippen molar-refractivity contribution in [2.24, 2.45) is 5.92 Å². The SMILES string of the molecule is CCCC(NC(C)=O)C(=O)N1CCC(Cn2cc(C3CCCC3)nn2)CC1. The van der Waals surface area contributed by atoms with E-state index in [1.807, 2.05) is 16.5 Å². The molecule has 27 heavy (non-hydrogen) atoms. The van der Waals surface area contributed by atoms with Crippen molar-refractivity contribution in [3.63, 3.8) is 0 Å². The Kier molecular flexibility index (Phi) is 6.85. The molecule has 1 saturated heterocycles. The van der Waals surface area contributed by atoms with Crippen LogP contribution in [-0.4, -0.2) is 50.8 Å². The summed E-state index contributed by atoms with van der Waals surface area (Å²) < 4.78 is 1.99. The molecule has 0 aromatic carbocycles. The zero-order valence-electron chi connectivity index (χ0n) is 16.7. The molecule has 2 fully saturated rings. The standard InChI is InChI=1S/C20H33N5O2/c1-3-6-18(21-15(2)26)20(27)24-11-9-16(10-12-24)13-25-14-19(22-23-25)17-7-4-5-8-17/h14,16-18H,3-13H2,1-2H3,(H,21,26). The molecule has 1 aromatic rings.